The van der Waals surface area contributed by atoms with E-state index in [4.69, 9.17) is 0 Å². The van der Waals surface area contributed by atoms with Crippen molar-refractivity contribution in [2.75, 3.05) is 0 Å². The van der Waals surface area contributed by atoms with E-state index in [1.54, 1.807) is 17.1 Å². The second-order valence-electron chi connectivity index (χ2n) is 2.69. The number of hydrogen-bond donors (Lipinski definition) is 0. The summed E-state index contributed by atoms with van der Waals surface area (Å²) in [5.41, 5.74) is 2.72. The fraction of sp³-hybridized carbons (Fsp3) is 0.375. The van der Waals surface area contributed by atoms with Gasteiger partial charge in [-0.25, -0.2) is 14.6 Å². The summed E-state index contributed by atoms with van der Waals surface area (Å²) in [4.78, 5) is 8.62. The Hall–Kier alpha value is -1.45. The highest BCUT2D eigenvalue weighted by molar-refractivity contribution is 5.68. The molecule has 0 unspecified atom stereocenters. The SMILES string of the molecule is CCc1cnc2cnn(C)c2n1. The third-order valence-electron chi connectivity index (χ3n) is 1.85. The lowest BCUT2D eigenvalue weighted by Crippen LogP contribution is -1.95. The monoisotopic (exact) mass is 162 g/mol. The first kappa shape index (κ1) is 7.21. The van der Waals surface area contributed by atoms with Gasteiger partial charge in [-0.2, -0.15) is 5.10 Å². The zero-order valence-electron chi connectivity index (χ0n) is 7.15. The fourth-order valence-corrected chi connectivity index (χ4v) is 1.12. The lowest BCUT2D eigenvalue weighted by atomic mass is 10.3. The molecular weight excluding hydrogens is 152 g/mol. The normalized spacial score (nSPS) is 10.8. The predicted octanol–water partition coefficient (Wildman–Crippen LogP) is 0.926. The van der Waals surface area contributed by atoms with E-state index in [9.17, 15) is 0 Å². The van der Waals surface area contributed by atoms with Crippen LogP contribution in [0.1, 0.15) is 12.6 Å². The second-order valence-corrected chi connectivity index (χ2v) is 2.69. The van der Waals surface area contributed by atoms with E-state index in [2.05, 4.69) is 22.0 Å². The predicted molar refractivity (Wildman–Crippen MR) is 45.7 cm³/mol. The molecule has 62 valence electrons. The Morgan fingerprint density at radius 2 is 2.25 bits per heavy atom. The Morgan fingerprint density at radius 1 is 1.42 bits per heavy atom. The van der Waals surface area contributed by atoms with Crippen LogP contribution in [0, 0.1) is 0 Å². The summed E-state index contributed by atoms with van der Waals surface area (Å²) in [5, 5.41) is 4.06. The highest BCUT2D eigenvalue weighted by Crippen LogP contribution is 2.06. The van der Waals surface area contributed by atoms with Crippen molar-refractivity contribution in [1.82, 2.24) is 19.7 Å². The topological polar surface area (TPSA) is 43.6 Å². The van der Waals surface area contributed by atoms with Crippen LogP contribution in [0.3, 0.4) is 0 Å². The first-order valence-corrected chi connectivity index (χ1v) is 3.95. The van der Waals surface area contributed by atoms with Crippen LogP contribution in [0.4, 0.5) is 0 Å². The van der Waals surface area contributed by atoms with Gasteiger partial charge in [-0.15, -0.1) is 0 Å². The van der Waals surface area contributed by atoms with Gasteiger partial charge in [-0.3, -0.25) is 0 Å². The zero-order chi connectivity index (χ0) is 8.55. The van der Waals surface area contributed by atoms with Gasteiger partial charge in [0.2, 0.25) is 0 Å². The molecule has 4 nitrogen and oxygen atoms in total. The molecular formula is C8H10N4. The van der Waals surface area contributed by atoms with Gasteiger partial charge < -0.3 is 0 Å². The zero-order valence-corrected chi connectivity index (χ0v) is 7.15. The number of hydrogen-bond acceptors (Lipinski definition) is 3. The van der Waals surface area contributed by atoms with Crippen molar-refractivity contribution in [3.05, 3.63) is 18.1 Å². The van der Waals surface area contributed by atoms with Crippen molar-refractivity contribution in [2.45, 2.75) is 13.3 Å². The molecule has 0 amide bonds. The summed E-state index contributed by atoms with van der Waals surface area (Å²) in [6.07, 6.45) is 4.43. The molecule has 2 heterocycles. The molecule has 0 aliphatic heterocycles. The van der Waals surface area contributed by atoms with Crippen LogP contribution in [0.2, 0.25) is 0 Å². The maximum atomic E-state index is 4.39. The average molecular weight is 162 g/mol. The quantitative estimate of drug-likeness (QED) is 0.626. The van der Waals surface area contributed by atoms with Crippen molar-refractivity contribution < 1.29 is 0 Å². The van der Waals surface area contributed by atoms with Crippen molar-refractivity contribution in [3.63, 3.8) is 0 Å². The molecule has 4 heteroatoms. The lowest BCUT2D eigenvalue weighted by Gasteiger charge is -1.95. The van der Waals surface area contributed by atoms with Crippen LogP contribution in [-0.4, -0.2) is 19.7 Å². The molecule has 0 fully saturated rings. The van der Waals surface area contributed by atoms with Gasteiger partial charge >= 0.3 is 0 Å². The Balaban J connectivity index is 2.71. The van der Waals surface area contributed by atoms with Crippen LogP contribution < -0.4 is 0 Å². The summed E-state index contributed by atoms with van der Waals surface area (Å²) in [7, 11) is 1.87. The molecule has 2 aromatic heterocycles. The van der Waals surface area contributed by atoms with Crippen LogP contribution >= 0.6 is 0 Å². The number of aromatic nitrogens is 4. The summed E-state index contributed by atoms with van der Waals surface area (Å²) in [6, 6.07) is 0. The van der Waals surface area contributed by atoms with E-state index in [0.29, 0.717) is 0 Å². The van der Waals surface area contributed by atoms with Crippen molar-refractivity contribution >= 4 is 11.2 Å². The minimum Gasteiger partial charge on any atom is -0.249 e. The van der Waals surface area contributed by atoms with E-state index in [1.165, 1.54) is 0 Å². The van der Waals surface area contributed by atoms with E-state index in [1.807, 2.05) is 7.05 Å². The Kier molecular flexibility index (Phi) is 1.53. The Morgan fingerprint density at radius 3 is 3.00 bits per heavy atom. The van der Waals surface area contributed by atoms with Gasteiger partial charge in [0.25, 0.3) is 0 Å². The van der Waals surface area contributed by atoms with Crippen LogP contribution in [-0.2, 0) is 13.5 Å². The van der Waals surface area contributed by atoms with Crippen molar-refractivity contribution in [3.8, 4) is 0 Å². The lowest BCUT2D eigenvalue weighted by molar-refractivity contribution is 0.782. The maximum absolute atomic E-state index is 4.39. The average Bonchev–Trinajstić information content (AvgIpc) is 2.47. The molecule has 0 radical (unpaired) electrons. The molecule has 2 rings (SSSR count). The first-order chi connectivity index (χ1) is 5.81. The van der Waals surface area contributed by atoms with Crippen LogP contribution in [0.5, 0.6) is 0 Å². The number of aryl methyl sites for hydroxylation is 2. The molecule has 12 heavy (non-hydrogen) atoms. The summed E-state index contributed by atoms with van der Waals surface area (Å²) in [5.74, 6) is 0. The fourth-order valence-electron chi connectivity index (χ4n) is 1.12. The summed E-state index contributed by atoms with van der Waals surface area (Å²) in [6.45, 7) is 2.06. The first-order valence-electron chi connectivity index (χ1n) is 3.95. The van der Waals surface area contributed by atoms with Gasteiger partial charge in [0, 0.05) is 13.2 Å². The summed E-state index contributed by atoms with van der Waals surface area (Å²) < 4.78 is 1.74. The molecule has 0 saturated heterocycles. The maximum Gasteiger partial charge on any atom is 0.176 e. The third-order valence-corrected chi connectivity index (χ3v) is 1.85. The molecule has 0 aliphatic rings. The largest absolute Gasteiger partial charge is 0.249 e. The number of nitrogens with zero attached hydrogens (tertiary/aromatic N) is 4. The van der Waals surface area contributed by atoms with Gasteiger partial charge in [-0.05, 0) is 6.42 Å². The van der Waals surface area contributed by atoms with Crippen LogP contribution in [0.15, 0.2) is 12.4 Å². The minimum atomic E-state index is 0.856. The molecule has 0 N–H and O–H groups in total. The van der Waals surface area contributed by atoms with E-state index >= 15 is 0 Å². The second kappa shape index (κ2) is 2.55. The van der Waals surface area contributed by atoms with Gasteiger partial charge in [0.15, 0.2) is 5.65 Å². The van der Waals surface area contributed by atoms with Gasteiger partial charge in [0.1, 0.15) is 5.52 Å². The molecule has 2 aromatic rings. The third kappa shape index (κ3) is 0.958. The van der Waals surface area contributed by atoms with E-state index in [-0.39, 0.29) is 0 Å². The van der Waals surface area contributed by atoms with Gasteiger partial charge in [-0.1, -0.05) is 6.92 Å². The van der Waals surface area contributed by atoms with Crippen molar-refractivity contribution in [2.24, 2.45) is 7.05 Å². The Bertz CT molecular complexity index is 404. The molecule has 0 saturated carbocycles. The highest BCUT2D eigenvalue weighted by atomic mass is 15.3. The number of fused-ring (bicyclic) bond motifs is 1. The van der Waals surface area contributed by atoms with Crippen molar-refractivity contribution in [1.29, 1.82) is 0 Å². The van der Waals surface area contributed by atoms with E-state index in [0.717, 1.165) is 23.3 Å². The summed E-state index contributed by atoms with van der Waals surface area (Å²) >= 11 is 0. The molecule has 0 bridgehead atoms. The Labute approximate surface area is 70.3 Å². The smallest absolute Gasteiger partial charge is 0.176 e. The standard InChI is InChI=1S/C8H10N4/c1-3-6-4-9-7-5-10-12(2)8(7)11-6/h4-5H,3H2,1-2H3. The molecule has 0 spiro atoms. The minimum absolute atomic E-state index is 0.856. The molecule has 0 aliphatic carbocycles. The highest BCUT2D eigenvalue weighted by Gasteiger charge is 2.01. The van der Waals surface area contributed by atoms with Gasteiger partial charge in [0.05, 0.1) is 11.9 Å². The van der Waals surface area contributed by atoms with E-state index < -0.39 is 0 Å². The van der Waals surface area contributed by atoms with Crippen LogP contribution in [0.25, 0.3) is 11.2 Å². The molecule has 0 atom stereocenters. The number of rotatable bonds is 1. The molecule has 0 aromatic carbocycles.